The number of hydrogen-bond donors (Lipinski definition) is 0. The summed E-state index contributed by atoms with van der Waals surface area (Å²) in [5.41, 5.74) is 1.32. The van der Waals surface area contributed by atoms with E-state index in [4.69, 9.17) is 4.74 Å². The third-order valence-electron chi connectivity index (χ3n) is 2.59. The van der Waals surface area contributed by atoms with Crippen LogP contribution in [0, 0.1) is 5.92 Å². The molecule has 1 heterocycles. The lowest BCUT2D eigenvalue weighted by molar-refractivity contribution is -0.146. The standard InChI is InChI=1S/C13H13NO3/c1-2-17-13(16)10-8-11(15)14-12(10)9-6-4-3-5-7-9/h3-7,10H,2,8H2,1H3. The van der Waals surface area contributed by atoms with E-state index in [2.05, 4.69) is 4.99 Å². The number of amides is 1. The summed E-state index contributed by atoms with van der Waals surface area (Å²) in [6.07, 6.45) is 0.114. The number of benzene rings is 1. The lowest BCUT2D eigenvalue weighted by Crippen LogP contribution is -2.24. The zero-order chi connectivity index (χ0) is 12.3. The fourth-order valence-corrected chi connectivity index (χ4v) is 1.84. The van der Waals surface area contributed by atoms with Crippen molar-refractivity contribution in [3.63, 3.8) is 0 Å². The molecule has 0 saturated heterocycles. The second-order valence-electron chi connectivity index (χ2n) is 3.77. The average molecular weight is 231 g/mol. The van der Waals surface area contributed by atoms with Gasteiger partial charge in [0.25, 0.3) is 0 Å². The van der Waals surface area contributed by atoms with Crippen LogP contribution in [0.4, 0.5) is 0 Å². The van der Waals surface area contributed by atoms with Gasteiger partial charge in [0.15, 0.2) is 0 Å². The minimum Gasteiger partial charge on any atom is -0.465 e. The van der Waals surface area contributed by atoms with Crippen LogP contribution in [0.2, 0.25) is 0 Å². The smallest absolute Gasteiger partial charge is 0.315 e. The zero-order valence-electron chi connectivity index (χ0n) is 9.55. The summed E-state index contributed by atoms with van der Waals surface area (Å²) >= 11 is 0. The topological polar surface area (TPSA) is 55.7 Å². The van der Waals surface area contributed by atoms with Crippen molar-refractivity contribution in [2.45, 2.75) is 13.3 Å². The molecule has 17 heavy (non-hydrogen) atoms. The van der Waals surface area contributed by atoms with Gasteiger partial charge in [0, 0.05) is 6.42 Å². The highest BCUT2D eigenvalue weighted by molar-refractivity contribution is 6.20. The highest BCUT2D eigenvalue weighted by Gasteiger charge is 2.34. The van der Waals surface area contributed by atoms with Crippen molar-refractivity contribution in [1.82, 2.24) is 0 Å². The Morgan fingerprint density at radius 3 is 2.76 bits per heavy atom. The molecule has 0 spiro atoms. The van der Waals surface area contributed by atoms with Crippen LogP contribution in [0.1, 0.15) is 18.9 Å². The van der Waals surface area contributed by atoms with Gasteiger partial charge in [0.05, 0.1) is 12.3 Å². The summed E-state index contributed by atoms with van der Waals surface area (Å²) in [6.45, 7) is 2.06. The molecule has 0 N–H and O–H groups in total. The Bertz CT molecular complexity index is 465. The molecule has 1 aromatic rings. The molecule has 0 bridgehead atoms. The minimum atomic E-state index is -0.551. The van der Waals surface area contributed by atoms with E-state index in [0.717, 1.165) is 5.56 Å². The largest absolute Gasteiger partial charge is 0.465 e. The van der Waals surface area contributed by atoms with Gasteiger partial charge in [-0.2, -0.15) is 0 Å². The molecule has 1 amide bonds. The Morgan fingerprint density at radius 1 is 1.41 bits per heavy atom. The molecule has 1 aromatic carbocycles. The van der Waals surface area contributed by atoms with Crippen molar-refractivity contribution >= 4 is 17.6 Å². The van der Waals surface area contributed by atoms with E-state index in [9.17, 15) is 9.59 Å². The Kier molecular flexibility index (Phi) is 3.32. The van der Waals surface area contributed by atoms with Gasteiger partial charge < -0.3 is 4.74 Å². The molecule has 88 valence electrons. The maximum absolute atomic E-state index is 11.7. The number of carbonyl (C=O) groups is 2. The van der Waals surface area contributed by atoms with Gasteiger partial charge in [0.1, 0.15) is 5.92 Å². The second kappa shape index (κ2) is 4.91. The van der Waals surface area contributed by atoms with E-state index in [0.29, 0.717) is 12.3 Å². The quantitative estimate of drug-likeness (QED) is 0.742. The van der Waals surface area contributed by atoms with E-state index in [1.165, 1.54) is 0 Å². The number of rotatable bonds is 3. The van der Waals surface area contributed by atoms with Crippen LogP contribution < -0.4 is 0 Å². The van der Waals surface area contributed by atoms with Gasteiger partial charge in [-0.1, -0.05) is 30.3 Å². The van der Waals surface area contributed by atoms with E-state index >= 15 is 0 Å². The average Bonchev–Trinajstić information content (AvgIpc) is 2.73. The fourth-order valence-electron chi connectivity index (χ4n) is 1.84. The summed E-state index contributed by atoms with van der Waals surface area (Å²) in [4.78, 5) is 27.0. The van der Waals surface area contributed by atoms with Crippen LogP contribution in [-0.2, 0) is 14.3 Å². The van der Waals surface area contributed by atoms with Gasteiger partial charge >= 0.3 is 5.97 Å². The van der Waals surface area contributed by atoms with Crippen LogP contribution in [0.5, 0.6) is 0 Å². The summed E-state index contributed by atoms with van der Waals surface area (Å²) in [7, 11) is 0. The molecule has 1 aliphatic rings. The minimum absolute atomic E-state index is 0.114. The molecule has 2 rings (SSSR count). The van der Waals surface area contributed by atoms with Gasteiger partial charge in [-0.25, -0.2) is 4.99 Å². The molecule has 4 nitrogen and oxygen atoms in total. The highest BCUT2D eigenvalue weighted by Crippen LogP contribution is 2.22. The van der Waals surface area contributed by atoms with E-state index in [1.54, 1.807) is 6.92 Å². The third kappa shape index (κ3) is 2.41. The second-order valence-corrected chi connectivity index (χ2v) is 3.77. The van der Waals surface area contributed by atoms with Crippen LogP contribution in [0.15, 0.2) is 35.3 Å². The van der Waals surface area contributed by atoms with Crippen LogP contribution >= 0.6 is 0 Å². The van der Waals surface area contributed by atoms with Crippen molar-refractivity contribution in [3.05, 3.63) is 35.9 Å². The van der Waals surface area contributed by atoms with Crippen LogP contribution in [0.25, 0.3) is 0 Å². The monoisotopic (exact) mass is 231 g/mol. The first-order valence-corrected chi connectivity index (χ1v) is 5.56. The van der Waals surface area contributed by atoms with E-state index in [-0.39, 0.29) is 18.3 Å². The number of hydrogen-bond acceptors (Lipinski definition) is 3. The predicted octanol–water partition coefficient (Wildman–Crippen LogP) is 1.59. The van der Waals surface area contributed by atoms with Crippen LogP contribution in [-0.4, -0.2) is 24.2 Å². The number of aliphatic imine (C=N–C) groups is 1. The van der Waals surface area contributed by atoms with E-state index in [1.807, 2.05) is 30.3 Å². The molecule has 1 atom stereocenters. The first-order valence-electron chi connectivity index (χ1n) is 5.56. The molecule has 0 fully saturated rings. The molecule has 0 aromatic heterocycles. The first kappa shape index (κ1) is 11.5. The SMILES string of the molecule is CCOC(=O)C1CC(=O)N=C1c1ccccc1. The molecule has 1 unspecified atom stereocenters. The van der Waals surface area contributed by atoms with Gasteiger partial charge in [0.2, 0.25) is 5.91 Å². The number of ether oxygens (including phenoxy) is 1. The maximum atomic E-state index is 11.7. The predicted molar refractivity (Wildman–Crippen MR) is 62.7 cm³/mol. The maximum Gasteiger partial charge on any atom is 0.315 e. The zero-order valence-corrected chi connectivity index (χ0v) is 9.55. The Balaban J connectivity index is 2.28. The van der Waals surface area contributed by atoms with Gasteiger partial charge in [-0.05, 0) is 12.5 Å². The Morgan fingerprint density at radius 2 is 2.12 bits per heavy atom. The third-order valence-corrected chi connectivity index (χ3v) is 2.59. The summed E-state index contributed by atoms with van der Waals surface area (Å²) in [6, 6.07) is 9.25. The summed E-state index contributed by atoms with van der Waals surface area (Å²) in [5.74, 6) is -1.19. The van der Waals surface area contributed by atoms with Crippen LogP contribution in [0.3, 0.4) is 0 Å². The van der Waals surface area contributed by atoms with Gasteiger partial charge in [-0.15, -0.1) is 0 Å². The Labute approximate surface area is 99.3 Å². The lowest BCUT2D eigenvalue weighted by atomic mass is 9.96. The highest BCUT2D eigenvalue weighted by atomic mass is 16.5. The molecule has 0 saturated carbocycles. The number of carbonyl (C=O) groups excluding carboxylic acids is 2. The molecule has 4 heteroatoms. The molecular weight excluding hydrogens is 218 g/mol. The van der Waals surface area contributed by atoms with Crippen molar-refractivity contribution < 1.29 is 14.3 Å². The Hall–Kier alpha value is -1.97. The lowest BCUT2D eigenvalue weighted by Gasteiger charge is -2.10. The molecule has 0 radical (unpaired) electrons. The van der Waals surface area contributed by atoms with Crippen molar-refractivity contribution in [2.24, 2.45) is 10.9 Å². The van der Waals surface area contributed by atoms with E-state index < -0.39 is 5.92 Å². The molecular formula is C13H13NO3. The summed E-state index contributed by atoms with van der Waals surface area (Å²) < 4.78 is 4.95. The van der Waals surface area contributed by atoms with Crippen molar-refractivity contribution in [3.8, 4) is 0 Å². The number of nitrogens with zero attached hydrogens (tertiary/aromatic N) is 1. The first-order chi connectivity index (χ1) is 8.22. The normalized spacial score (nSPS) is 19.0. The summed E-state index contributed by atoms with van der Waals surface area (Å²) in [5, 5.41) is 0. The van der Waals surface area contributed by atoms with Crippen molar-refractivity contribution in [2.75, 3.05) is 6.61 Å². The number of esters is 1. The molecule has 0 aliphatic carbocycles. The molecule has 1 aliphatic heterocycles. The van der Waals surface area contributed by atoms with Gasteiger partial charge in [-0.3, -0.25) is 9.59 Å². The fraction of sp³-hybridized carbons (Fsp3) is 0.308. The van der Waals surface area contributed by atoms with Crippen molar-refractivity contribution in [1.29, 1.82) is 0 Å².